The van der Waals surface area contributed by atoms with Crippen LogP contribution in [0.5, 0.6) is 0 Å². The zero-order valence-electron chi connectivity index (χ0n) is 12.1. The third-order valence-corrected chi connectivity index (χ3v) is 3.36. The van der Waals surface area contributed by atoms with Crippen LogP contribution in [-0.2, 0) is 4.74 Å². The van der Waals surface area contributed by atoms with Crippen molar-refractivity contribution in [3.05, 3.63) is 46.4 Å². The summed E-state index contributed by atoms with van der Waals surface area (Å²) in [6.07, 6.45) is 0. The molecule has 0 saturated carbocycles. The first kappa shape index (κ1) is 15.3. The molecule has 0 aliphatic carbocycles. The number of nitrogens with two attached hydrogens (primary N) is 1. The molecule has 1 aromatic carbocycles. The van der Waals surface area contributed by atoms with Gasteiger partial charge in [0.15, 0.2) is 0 Å². The molecule has 1 aromatic heterocycles. The topological polar surface area (TPSA) is 77.5 Å². The van der Waals surface area contributed by atoms with Crippen LogP contribution in [0.4, 0.5) is 11.4 Å². The molecular formula is C15H17ClN2O3. The number of furan rings is 1. The van der Waals surface area contributed by atoms with Gasteiger partial charge < -0.3 is 20.2 Å². The number of benzene rings is 1. The van der Waals surface area contributed by atoms with Gasteiger partial charge in [0.1, 0.15) is 11.5 Å². The van der Waals surface area contributed by atoms with Gasteiger partial charge in [-0.1, -0.05) is 11.6 Å². The van der Waals surface area contributed by atoms with Gasteiger partial charge in [-0.15, -0.1) is 0 Å². The third-order valence-electron chi connectivity index (χ3n) is 3.07. The number of carbonyl (C=O) groups excluding carboxylic acids is 1. The van der Waals surface area contributed by atoms with Crippen LogP contribution < -0.4 is 11.1 Å². The van der Waals surface area contributed by atoms with Crippen molar-refractivity contribution in [2.75, 3.05) is 18.2 Å². The number of nitrogen functional groups attached to an aromatic ring is 1. The molecular weight excluding hydrogens is 292 g/mol. The first-order valence-electron chi connectivity index (χ1n) is 6.42. The van der Waals surface area contributed by atoms with Gasteiger partial charge in [0.2, 0.25) is 0 Å². The molecule has 1 heterocycles. The fraction of sp³-hybridized carbons (Fsp3) is 0.267. The van der Waals surface area contributed by atoms with Crippen LogP contribution in [0.2, 0.25) is 5.02 Å². The fourth-order valence-corrected chi connectivity index (χ4v) is 2.30. The molecule has 0 spiro atoms. The molecule has 0 amide bonds. The first-order valence-corrected chi connectivity index (χ1v) is 6.80. The Kier molecular flexibility index (Phi) is 4.43. The maximum atomic E-state index is 11.9. The minimum Gasteiger partial charge on any atom is -0.465 e. The van der Waals surface area contributed by atoms with Crippen LogP contribution in [-0.4, -0.2) is 13.1 Å². The largest absolute Gasteiger partial charge is 0.465 e. The number of hydrogen-bond donors (Lipinski definition) is 2. The van der Waals surface area contributed by atoms with Crippen molar-refractivity contribution < 1.29 is 13.9 Å². The highest BCUT2D eigenvalue weighted by atomic mass is 35.5. The minimum absolute atomic E-state index is 0.164. The van der Waals surface area contributed by atoms with Gasteiger partial charge in [0.05, 0.1) is 29.4 Å². The lowest BCUT2D eigenvalue weighted by molar-refractivity contribution is 0.0602. The average Bonchev–Trinajstić information content (AvgIpc) is 2.87. The van der Waals surface area contributed by atoms with E-state index in [0.29, 0.717) is 16.4 Å². The molecule has 3 N–H and O–H groups in total. The molecule has 0 aliphatic rings. The van der Waals surface area contributed by atoms with Gasteiger partial charge in [-0.25, -0.2) is 4.79 Å². The van der Waals surface area contributed by atoms with Crippen LogP contribution in [0, 0.1) is 6.92 Å². The average molecular weight is 309 g/mol. The number of esters is 1. The van der Waals surface area contributed by atoms with E-state index in [2.05, 4.69) is 5.32 Å². The number of nitrogens with one attached hydrogen (secondary N) is 1. The molecule has 2 aromatic rings. The quantitative estimate of drug-likeness (QED) is 0.664. The molecule has 1 atom stereocenters. The Morgan fingerprint density at radius 2 is 2.14 bits per heavy atom. The van der Waals surface area contributed by atoms with Crippen molar-refractivity contribution >= 4 is 28.9 Å². The third kappa shape index (κ3) is 3.31. The zero-order chi connectivity index (χ0) is 15.6. The number of ether oxygens (including phenoxy) is 1. The second-order valence-electron chi connectivity index (χ2n) is 4.73. The Morgan fingerprint density at radius 1 is 1.43 bits per heavy atom. The van der Waals surface area contributed by atoms with E-state index in [1.165, 1.54) is 13.2 Å². The van der Waals surface area contributed by atoms with E-state index >= 15 is 0 Å². The summed E-state index contributed by atoms with van der Waals surface area (Å²) in [4.78, 5) is 11.9. The summed E-state index contributed by atoms with van der Waals surface area (Å²) in [5.41, 5.74) is 6.88. The lowest BCUT2D eigenvalue weighted by Crippen LogP contribution is -2.12. The molecule has 0 aliphatic heterocycles. The highest BCUT2D eigenvalue weighted by Crippen LogP contribution is 2.33. The second kappa shape index (κ2) is 6.10. The summed E-state index contributed by atoms with van der Waals surface area (Å²) in [6.45, 7) is 3.78. The molecule has 0 saturated heterocycles. The van der Waals surface area contributed by atoms with Crippen molar-refractivity contribution in [3.63, 3.8) is 0 Å². The summed E-state index contributed by atoms with van der Waals surface area (Å²) in [6, 6.07) is 6.69. The van der Waals surface area contributed by atoms with Gasteiger partial charge >= 0.3 is 5.97 Å². The Bertz CT molecular complexity index is 667. The van der Waals surface area contributed by atoms with Crippen LogP contribution in [0.3, 0.4) is 0 Å². The van der Waals surface area contributed by atoms with Crippen molar-refractivity contribution in [1.82, 2.24) is 0 Å². The number of hydrogen-bond acceptors (Lipinski definition) is 5. The van der Waals surface area contributed by atoms with Crippen molar-refractivity contribution in [2.45, 2.75) is 19.9 Å². The van der Waals surface area contributed by atoms with Gasteiger partial charge in [-0.05, 0) is 38.1 Å². The molecule has 2 rings (SSSR count). The Morgan fingerprint density at radius 3 is 2.71 bits per heavy atom. The highest BCUT2D eigenvalue weighted by Gasteiger charge is 2.19. The predicted octanol–water partition coefficient (Wildman–Crippen LogP) is 3.78. The standard InChI is InChI=1S/C15H17ClN2O3/c1-8-4-5-13(21-8)9(2)18-14-11(15(19)20-3)6-10(17)7-12(14)16/h4-7,9,18H,17H2,1-3H3. The van der Waals surface area contributed by atoms with E-state index in [0.717, 1.165) is 11.5 Å². The minimum atomic E-state index is -0.505. The highest BCUT2D eigenvalue weighted by molar-refractivity contribution is 6.34. The normalized spacial score (nSPS) is 12.0. The molecule has 0 bridgehead atoms. The molecule has 21 heavy (non-hydrogen) atoms. The van der Waals surface area contributed by atoms with Crippen LogP contribution in [0.25, 0.3) is 0 Å². The van der Waals surface area contributed by atoms with E-state index in [1.807, 2.05) is 26.0 Å². The van der Waals surface area contributed by atoms with E-state index in [4.69, 9.17) is 26.5 Å². The van der Waals surface area contributed by atoms with Crippen LogP contribution in [0.1, 0.15) is 34.8 Å². The first-order chi connectivity index (χ1) is 9.92. The van der Waals surface area contributed by atoms with E-state index < -0.39 is 5.97 Å². The summed E-state index contributed by atoms with van der Waals surface area (Å²) >= 11 is 6.19. The van der Waals surface area contributed by atoms with Crippen LogP contribution >= 0.6 is 11.6 Å². The van der Waals surface area contributed by atoms with Gasteiger partial charge in [0, 0.05) is 5.69 Å². The van der Waals surface area contributed by atoms with Gasteiger partial charge in [-0.3, -0.25) is 0 Å². The molecule has 5 nitrogen and oxygen atoms in total. The number of rotatable bonds is 4. The lowest BCUT2D eigenvalue weighted by atomic mass is 10.1. The zero-order valence-corrected chi connectivity index (χ0v) is 12.8. The SMILES string of the molecule is COC(=O)c1cc(N)cc(Cl)c1NC(C)c1ccc(C)o1. The van der Waals surface area contributed by atoms with E-state index in [1.54, 1.807) is 6.07 Å². The fourth-order valence-electron chi connectivity index (χ4n) is 2.02. The van der Waals surface area contributed by atoms with Crippen molar-refractivity contribution in [1.29, 1.82) is 0 Å². The van der Waals surface area contributed by atoms with Gasteiger partial charge in [-0.2, -0.15) is 0 Å². The molecule has 0 radical (unpaired) electrons. The number of halogens is 1. The van der Waals surface area contributed by atoms with Gasteiger partial charge in [0.25, 0.3) is 0 Å². The predicted molar refractivity (Wildman–Crippen MR) is 82.7 cm³/mol. The maximum Gasteiger partial charge on any atom is 0.340 e. The number of methoxy groups -OCH3 is 1. The van der Waals surface area contributed by atoms with Crippen molar-refractivity contribution in [2.24, 2.45) is 0 Å². The smallest absolute Gasteiger partial charge is 0.340 e. The second-order valence-corrected chi connectivity index (χ2v) is 5.14. The van der Waals surface area contributed by atoms with Crippen molar-refractivity contribution in [3.8, 4) is 0 Å². The summed E-state index contributed by atoms with van der Waals surface area (Å²) in [5, 5.41) is 3.52. The van der Waals surface area contributed by atoms with E-state index in [-0.39, 0.29) is 11.6 Å². The van der Waals surface area contributed by atoms with E-state index in [9.17, 15) is 4.79 Å². The molecule has 112 valence electrons. The maximum absolute atomic E-state index is 11.9. The Labute approximate surface area is 128 Å². The molecule has 6 heteroatoms. The monoisotopic (exact) mass is 308 g/mol. The Hall–Kier alpha value is -2.14. The number of anilines is 2. The molecule has 1 unspecified atom stereocenters. The molecule has 0 fully saturated rings. The summed E-state index contributed by atoms with van der Waals surface area (Å²) in [5.74, 6) is 1.06. The number of aryl methyl sites for hydroxylation is 1. The summed E-state index contributed by atoms with van der Waals surface area (Å²) < 4.78 is 10.3. The Balaban J connectivity index is 2.36. The number of carbonyl (C=O) groups is 1. The lowest BCUT2D eigenvalue weighted by Gasteiger charge is -2.17. The summed E-state index contributed by atoms with van der Waals surface area (Å²) in [7, 11) is 1.31. The van der Waals surface area contributed by atoms with Crippen LogP contribution in [0.15, 0.2) is 28.7 Å².